The van der Waals surface area contributed by atoms with Crippen LogP contribution >= 0.6 is 0 Å². The number of aliphatic hydroxyl groups excluding tert-OH is 1. The molecule has 0 radical (unpaired) electrons. The van der Waals surface area contributed by atoms with E-state index >= 15 is 0 Å². The summed E-state index contributed by atoms with van der Waals surface area (Å²) < 4.78 is 0. The molecule has 0 spiro atoms. The second-order valence-corrected chi connectivity index (χ2v) is 4.81. The maximum atomic E-state index is 12.3. The van der Waals surface area contributed by atoms with Gasteiger partial charge in [0.15, 0.2) is 0 Å². The fourth-order valence-corrected chi connectivity index (χ4v) is 2.40. The predicted molar refractivity (Wildman–Crippen MR) is 72.7 cm³/mol. The third kappa shape index (κ3) is 2.13. The third-order valence-electron chi connectivity index (χ3n) is 3.42. The molecule has 3 N–H and O–H groups in total. The van der Waals surface area contributed by atoms with Gasteiger partial charge in [-0.05, 0) is 18.6 Å². The standard InChI is InChI=1S/C14H15N3O2/c15-11-7-13(14(19)17-6-5-9(18)8-17)16-12-4-2-1-3-10(11)12/h1-4,7,9,18H,5-6,8H2,(H2,15,16)/t9-/m0/s1. The topological polar surface area (TPSA) is 79.5 Å². The van der Waals surface area contributed by atoms with Gasteiger partial charge in [0.25, 0.3) is 5.91 Å². The number of nitrogens with two attached hydrogens (primary N) is 1. The lowest BCUT2D eigenvalue weighted by atomic mass is 10.1. The Kier molecular flexibility index (Phi) is 2.83. The van der Waals surface area contributed by atoms with Gasteiger partial charge >= 0.3 is 0 Å². The van der Waals surface area contributed by atoms with Crippen molar-refractivity contribution in [2.24, 2.45) is 0 Å². The van der Waals surface area contributed by atoms with Crippen LogP contribution in [0.1, 0.15) is 16.9 Å². The Morgan fingerprint density at radius 2 is 2.21 bits per heavy atom. The molecule has 1 aromatic carbocycles. The second kappa shape index (κ2) is 4.51. The van der Waals surface area contributed by atoms with Crippen LogP contribution in [-0.2, 0) is 0 Å². The smallest absolute Gasteiger partial charge is 0.272 e. The van der Waals surface area contributed by atoms with Crippen LogP contribution in [0.4, 0.5) is 5.69 Å². The van der Waals surface area contributed by atoms with Crippen molar-refractivity contribution in [3.63, 3.8) is 0 Å². The number of hydrogen-bond donors (Lipinski definition) is 2. The third-order valence-corrected chi connectivity index (χ3v) is 3.42. The van der Waals surface area contributed by atoms with Crippen LogP contribution in [0.15, 0.2) is 30.3 Å². The molecule has 2 aromatic rings. The van der Waals surface area contributed by atoms with Crippen LogP contribution in [0.3, 0.4) is 0 Å². The van der Waals surface area contributed by atoms with Crippen molar-refractivity contribution in [1.29, 1.82) is 0 Å². The lowest BCUT2D eigenvalue weighted by Gasteiger charge is -2.15. The molecule has 5 nitrogen and oxygen atoms in total. The number of para-hydroxylation sites is 1. The van der Waals surface area contributed by atoms with Gasteiger partial charge in [0.05, 0.1) is 11.6 Å². The molecular weight excluding hydrogens is 242 g/mol. The van der Waals surface area contributed by atoms with Crippen molar-refractivity contribution >= 4 is 22.5 Å². The molecular formula is C14H15N3O2. The normalized spacial score (nSPS) is 19.0. The minimum Gasteiger partial charge on any atom is -0.398 e. The number of likely N-dealkylation sites (tertiary alicyclic amines) is 1. The number of fused-ring (bicyclic) bond motifs is 1. The summed E-state index contributed by atoms with van der Waals surface area (Å²) in [4.78, 5) is 18.3. The van der Waals surface area contributed by atoms with E-state index in [1.165, 1.54) is 0 Å². The van der Waals surface area contributed by atoms with Crippen molar-refractivity contribution in [1.82, 2.24) is 9.88 Å². The summed E-state index contributed by atoms with van der Waals surface area (Å²) in [5.74, 6) is -0.172. The molecule has 0 unspecified atom stereocenters. The number of aliphatic hydroxyl groups is 1. The fourth-order valence-electron chi connectivity index (χ4n) is 2.40. The largest absolute Gasteiger partial charge is 0.398 e. The number of nitrogens with zero attached hydrogens (tertiary/aromatic N) is 2. The number of carbonyl (C=O) groups excluding carboxylic acids is 1. The molecule has 98 valence electrons. The zero-order valence-electron chi connectivity index (χ0n) is 10.4. The Morgan fingerprint density at radius 3 is 2.95 bits per heavy atom. The van der Waals surface area contributed by atoms with Crippen molar-refractivity contribution in [3.05, 3.63) is 36.0 Å². The molecule has 1 aliphatic rings. The average Bonchev–Trinajstić information content (AvgIpc) is 2.84. The highest BCUT2D eigenvalue weighted by molar-refractivity contribution is 5.99. The van der Waals surface area contributed by atoms with E-state index in [1.807, 2.05) is 24.3 Å². The van der Waals surface area contributed by atoms with E-state index in [2.05, 4.69) is 4.98 Å². The molecule has 3 rings (SSSR count). The number of benzene rings is 1. The van der Waals surface area contributed by atoms with Gasteiger partial charge in [-0.3, -0.25) is 4.79 Å². The first kappa shape index (κ1) is 11.9. The maximum Gasteiger partial charge on any atom is 0.272 e. The lowest BCUT2D eigenvalue weighted by Crippen LogP contribution is -2.30. The molecule has 0 saturated carbocycles. The SMILES string of the molecule is Nc1cc(C(=O)N2CC[C@H](O)C2)nc2ccccc12. The van der Waals surface area contributed by atoms with E-state index in [0.717, 1.165) is 5.39 Å². The number of nitrogen functional groups attached to an aromatic ring is 1. The second-order valence-electron chi connectivity index (χ2n) is 4.81. The highest BCUT2D eigenvalue weighted by Gasteiger charge is 2.26. The van der Waals surface area contributed by atoms with Gasteiger partial charge in [-0.1, -0.05) is 18.2 Å². The van der Waals surface area contributed by atoms with Crippen LogP contribution in [0.25, 0.3) is 10.9 Å². The maximum absolute atomic E-state index is 12.3. The highest BCUT2D eigenvalue weighted by atomic mass is 16.3. The van der Waals surface area contributed by atoms with E-state index in [0.29, 0.717) is 36.4 Å². The lowest BCUT2D eigenvalue weighted by molar-refractivity contribution is 0.0759. The number of hydrogen-bond acceptors (Lipinski definition) is 4. The van der Waals surface area contributed by atoms with Crippen molar-refractivity contribution in [2.45, 2.75) is 12.5 Å². The van der Waals surface area contributed by atoms with Crippen LogP contribution in [0.2, 0.25) is 0 Å². The predicted octanol–water partition coefficient (Wildman–Crippen LogP) is 1.02. The Bertz CT molecular complexity index is 642. The molecule has 1 fully saturated rings. The van der Waals surface area contributed by atoms with Crippen LogP contribution in [-0.4, -0.2) is 40.1 Å². The van der Waals surface area contributed by atoms with Gasteiger partial charge in [0.2, 0.25) is 0 Å². The summed E-state index contributed by atoms with van der Waals surface area (Å²) in [6, 6.07) is 9.07. The number of aromatic nitrogens is 1. The Balaban J connectivity index is 1.99. The molecule has 1 amide bonds. The molecule has 1 saturated heterocycles. The zero-order chi connectivity index (χ0) is 13.4. The monoisotopic (exact) mass is 257 g/mol. The van der Waals surface area contributed by atoms with E-state index < -0.39 is 6.10 Å². The van der Waals surface area contributed by atoms with Crippen molar-refractivity contribution < 1.29 is 9.90 Å². The van der Waals surface area contributed by atoms with Gasteiger partial charge in [-0.15, -0.1) is 0 Å². The first-order valence-corrected chi connectivity index (χ1v) is 6.28. The number of anilines is 1. The molecule has 0 bridgehead atoms. The van der Waals surface area contributed by atoms with Gasteiger partial charge in [-0.2, -0.15) is 0 Å². The van der Waals surface area contributed by atoms with Crippen LogP contribution < -0.4 is 5.73 Å². The summed E-state index contributed by atoms with van der Waals surface area (Å²) in [6.07, 6.45) is 0.191. The molecule has 1 atom stereocenters. The zero-order valence-corrected chi connectivity index (χ0v) is 10.4. The van der Waals surface area contributed by atoms with Gasteiger partial charge < -0.3 is 15.7 Å². The molecule has 19 heavy (non-hydrogen) atoms. The van der Waals surface area contributed by atoms with Crippen LogP contribution in [0.5, 0.6) is 0 Å². The number of rotatable bonds is 1. The van der Waals surface area contributed by atoms with E-state index in [-0.39, 0.29) is 5.91 Å². The van der Waals surface area contributed by atoms with Crippen molar-refractivity contribution in [3.8, 4) is 0 Å². The highest BCUT2D eigenvalue weighted by Crippen LogP contribution is 2.21. The molecule has 1 aromatic heterocycles. The molecule has 1 aliphatic heterocycles. The number of pyridine rings is 1. The van der Waals surface area contributed by atoms with Gasteiger partial charge in [-0.25, -0.2) is 4.98 Å². The first-order chi connectivity index (χ1) is 9.15. The Hall–Kier alpha value is -2.14. The summed E-state index contributed by atoms with van der Waals surface area (Å²) in [7, 11) is 0. The quantitative estimate of drug-likeness (QED) is 0.799. The first-order valence-electron chi connectivity index (χ1n) is 6.28. The summed E-state index contributed by atoms with van der Waals surface area (Å²) >= 11 is 0. The summed E-state index contributed by atoms with van der Waals surface area (Å²) in [5.41, 5.74) is 7.56. The van der Waals surface area contributed by atoms with Crippen LogP contribution in [0, 0.1) is 0 Å². The Morgan fingerprint density at radius 1 is 1.42 bits per heavy atom. The minimum atomic E-state index is -0.429. The number of carbonyl (C=O) groups is 1. The fraction of sp³-hybridized carbons (Fsp3) is 0.286. The summed E-state index contributed by atoms with van der Waals surface area (Å²) in [6.45, 7) is 0.932. The number of amides is 1. The van der Waals surface area contributed by atoms with E-state index in [9.17, 15) is 9.90 Å². The number of β-amino-alcohol motifs (C(OH)–C–C–N with tert-alkyl or cyclic N) is 1. The van der Waals surface area contributed by atoms with Gasteiger partial charge in [0.1, 0.15) is 5.69 Å². The Labute approximate surface area is 110 Å². The van der Waals surface area contributed by atoms with E-state index in [4.69, 9.17) is 5.73 Å². The minimum absolute atomic E-state index is 0.172. The molecule has 0 aliphatic carbocycles. The molecule has 2 heterocycles. The van der Waals surface area contributed by atoms with Gasteiger partial charge in [0, 0.05) is 24.2 Å². The molecule has 5 heteroatoms. The summed E-state index contributed by atoms with van der Waals surface area (Å²) in [5, 5.41) is 10.3. The average molecular weight is 257 g/mol. The van der Waals surface area contributed by atoms with Crippen molar-refractivity contribution in [2.75, 3.05) is 18.8 Å². The van der Waals surface area contributed by atoms with E-state index in [1.54, 1.807) is 11.0 Å².